The lowest BCUT2D eigenvalue weighted by Crippen LogP contribution is -2.44. The Morgan fingerprint density at radius 1 is 1.16 bits per heavy atom. The maximum absolute atomic E-state index is 12.9. The normalized spacial score (nSPS) is 26.0. The van der Waals surface area contributed by atoms with Gasteiger partial charge in [-0.3, -0.25) is 9.78 Å². The van der Waals surface area contributed by atoms with Crippen molar-refractivity contribution in [1.82, 2.24) is 15.6 Å². The maximum atomic E-state index is 12.9. The van der Waals surface area contributed by atoms with Crippen LogP contribution >= 0.6 is 0 Å². The molecule has 2 N–H and O–H groups in total. The van der Waals surface area contributed by atoms with E-state index >= 15 is 0 Å². The lowest BCUT2D eigenvalue weighted by atomic mass is 9.89. The Labute approximate surface area is 149 Å². The predicted octanol–water partition coefficient (Wildman–Crippen LogP) is 3.14. The zero-order chi connectivity index (χ0) is 17.6. The standard InChI is InChI=1S/C21H27N3O/c1-13-17-6-4-5-7-18(17)19(12-23-13)21(2,3)24-20(25)14-8-15-10-22-11-16(15)9-14/h4-7,12,14-16,22H,8-11H2,1-3H3,(H,24,25)/t14-,15+,16?/m1/s1. The quantitative estimate of drug-likeness (QED) is 0.905. The molecule has 2 aliphatic rings. The SMILES string of the molecule is Cc1ncc(C(C)(C)NC(=O)[C@H]2CC3CNC[C@@H]3C2)c2ccccc12. The molecule has 1 aliphatic heterocycles. The maximum Gasteiger partial charge on any atom is 0.223 e. The van der Waals surface area contributed by atoms with E-state index in [1.807, 2.05) is 25.3 Å². The van der Waals surface area contributed by atoms with Crippen LogP contribution in [0.1, 0.15) is 37.9 Å². The number of hydrogen-bond donors (Lipinski definition) is 2. The zero-order valence-electron chi connectivity index (χ0n) is 15.3. The number of rotatable bonds is 3. The molecule has 1 unspecified atom stereocenters. The van der Waals surface area contributed by atoms with Crippen molar-refractivity contribution in [3.05, 3.63) is 41.7 Å². The minimum atomic E-state index is -0.437. The molecule has 2 heterocycles. The summed E-state index contributed by atoms with van der Waals surface area (Å²) in [6.45, 7) is 8.35. The predicted molar refractivity (Wildman–Crippen MR) is 100 cm³/mol. The summed E-state index contributed by atoms with van der Waals surface area (Å²) in [5, 5.41) is 9.09. The van der Waals surface area contributed by atoms with Gasteiger partial charge in [0.1, 0.15) is 0 Å². The summed E-state index contributed by atoms with van der Waals surface area (Å²) in [6.07, 6.45) is 3.96. The summed E-state index contributed by atoms with van der Waals surface area (Å²) >= 11 is 0. The number of fused-ring (bicyclic) bond motifs is 2. The highest BCUT2D eigenvalue weighted by Crippen LogP contribution is 2.39. The zero-order valence-corrected chi connectivity index (χ0v) is 15.3. The van der Waals surface area contributed by atoms with E-state index in [4.69, 9.17) is 0 Å². The molecule has 132 valence electrons. The first-order valence-electron chi connectivity index (χ1n) is 9.33. The summed E-state index contributed by atoms with van der Waals surface area (Å²) in [5.74, 6) is 1.71. The first-order valence-corrected chi connectivity index (χ1v) is 9.33. The Bertz CT molecular complexity index is 802. The lowest BCUT2D eigenvalue weighted by Gasteiger charge is -2.30. The summed E-state index contributed by atoms with van der Waals surface area (Å²) in [5.41, 5.74) is 1.67. The Hall–Kier alpha value is -1.94. The van der Waals surface area contributed by atoms with Crippen molar-refractivity contribution < 1.29 is 4.79 Å². The van der Waals surface area contributed by atoms with Crippen LogP contribution in [-0.4, -0.2) is 24.0 Å². The number of nitrogens with zero attached hydrogens (tertiary/aromatic N) is 1. The van der Waals surface area contributed by atoms with Crippen LogP contribution in [0.5, 0.6) is 0 Å². The van der Waals surface area contributed by atoms with Gasteiger partial charge in [0, 0.05) is 28.8 Å². The molecule has 4 rings (SSSR count). The molecule has 2 aromatic rings. The Morgan fingerprint density at radius 3 is 2.48 bits per heavy atom. The lowest BCUT2D eigenvalue weighted by molar-refractivity contribution is -0.126. The monoisotopic (exact) mass is 337 g/mol. The molecule has 0 spiro atoms. The molecule has 0 bridgehead atoms. The van der Waals surface area contributed by atoms with Crippen molar-refractivity contribution in [2.45, 2.75) is 39.2 Å². The van der Waals surface area contributed by atoms with Crippen molar-refractivity contribution in [2.24, 2.45) is 17.8 Å². The average molecular weight is 337 g/mol. The third kappa shape index (κ3) is 2.93. The van der Waals surface area contributed by atoms with E-state index in [0.717, 1.165) is 42.6 Å². The molecule has 1 amide bonds. The van der Waals surface area contributed by atoms with Crippen molar-refractivity contribution in [1.29, 1.82) is 0 Å². The van der Waals surface area contributed by atoms with E-state index in [1.165, 1.54) is 5.39 Å². The number of carbonyl (C=O) groups is 1. The van der Waals surface area contributed by atoms with Gasteiger partial charge < -0.3 is 10.6 Å². The summed E-state index contributed by atoms with van der Waals surface area (Å²) < 4.78 is 0. The molecule has 4 heteroatoms. The van der Waals surface area contributed by atoms with Gasteiger partial charge >= 0.3 is 0 Å². The third-order valence-corrected chi connectivity index (χ3v) is 6.13. The van der Waals surface area contributed by atoms with Gasteiger partial charge in [0.15, 0.2) is 0 Å². The van der Waals surface area contributed by atoms with Gasteiger partial charge in [-0.05, 0) is 63.9 Å². The van der Waals surface area contributed by atoms with Gasteiger partial charge in [-0.25, -0.2) is 0 Å². The van der Waals surface area contributed by atoms with E-state index in [9.17, 15) is 4.79 Å². The molecule has 25 heavy (non-hydrogen) atoms. The van der Waals surface area contributed by atoms with Gasteiger partial charge in [0.2, 0.25) is 5.91 Å². The van der Waals surface area contributed by atoms with Crippen LogP contribution in [0.25, 0.3) is 10.8 Å². The molecule has 1 aliphatic carbocycles. The third-order valence-electron chi connectivity index (χ3n) is 6.13. The molecule has 1 saturated heterocycles. The smallest absolute Gasteiger partial charge is 0.223 e. The summed E-state index contributed by atoms with van der Waals surface area (Å²) in [7, 11) is 0. The highest BCUT2D eigenvalue weighted by atomic mass is 16.2. The Kier molecular flexibility index (Phi) is 4.03. The molecule has 4 nitrogen and oxygen atoms in total. The van der Waals surface area contributed by atoms with Crippen LogP contribution in [0.3, 0.4) is 0 Å². The number of amides is 1. The first-order chi connectivity index (χ1) is 12.0. The van der Waals surface area contributed by atoms with Gasteiger partial charge in [0.05, 0.1) is 5.54 Å². The van der Waals surface area contributed by atoms with Crippen molar-refractivity contribution in [3.8, 4) is 0 Å². The number of aromatic nitrogens is 1. The second-order valence-corrected chi connectivity index (χ2v) is 8.26. The number of aryl methyl sites for hydroxylation is 1. The largest absolute Gasteiger partial charge is 0.347 e. The fraction of sp³-hybridized carbons (Fsp3) is 0.524. The Morgan fingerprint density at radius 2 is 1.80 bits per heavy atom. The van der Waals surface area contributed by atoms with E-state index in [-0.39, 0.29) is 11.8 Å². The molecule has 3 atom stereocenters. The van der Waals surface area contributed by atoms with E-state index in [2.05, 4.69) is 41.6 Å². The fourth-order valence-corrected chi connectivity index (χ4v) is 4.69. The van der Waals surface area contributed by atoms with Crippen LogP contribution in [0, 0.1) is 24.7 Å². The number of carbonyl (C=O) groups excluding carboxylic acids is 1. The van der Waals surface area contributed by atoms with Crippen LogP contribution < -0.4 is 10.6 Å². The van der Waals surface area contributed by atoms with Crippen molar-refractivity contribution in [3.63, 3.8) is 0 Å². The highest BCUT2D eigenvalue weighted by molar-refractivity contribution is 5.89. The number of hydrogen-bond acceptors (Lipinski definition) is 3. The van der Waals surface area contributed by atoms with Gasteiger partial charge in [0.25, 0.3) is 0 Å². The molecular formula is C21H27N3O. The van der Waals surface area contributed by atoms with Crippen molar-refractivity contribution >= 4 is 16.7 Å². The van der Waals surface area contributed by atoms with Gasteiger partial charge in [-0.15, -0.1) is 0 Å². The molecular weight excluding hydrogens is 310 g/mol. The summed E-state index contributed by atoms with van der Waals surface area (Å²) in [4.78, 5) is 17.5. The summed E-state index contributed by atoms with van der Waals surface area (Å²) in [6, 6.07) is 8.31. The number of pyridine rings is 1. The molecule has 0 radical (unpaired) electrons. The van der Waals surface area contributed by atoms with Crippen LogP contribution in [0.15, 0.2) is 30.5 Å². The molecule has 2 fully saturated rings. The minimum absolute atomic E-state index is 0.154. The Balaban J connectivity index is 1.58. The van der Waals surface area contributed by atoms with E-state index < -0.39 is 5.54 Å². The van der Waals surface area contributed by atoms with Gasteiger partial charge in [-0.2, -0.15) is 0 Å². The van der Waals surface area contributed by atoms with E-state index in [1.54, 1.807) is 0 Å². The second-order valence-electron chi connectivity index (χ2n) is 8.26. The van der Waals surface area contributed by atoms with Crippen LogP contribution in [-0.2, 0) is 10.3 Å². The second kappa shape index (κ2) is 6.10. The number of benzene rings is 1. The van der Waals surface area contributed by atoms with Crippen LogP contribution in [0.2, 0.25) is 0 Å². The number of nitrogens with one attached hydrogen (secondary N) is 2. The topological polar surface area (TPSA) is 54.0 Å². The average Bonchev–Trinajstić information content (AvgIpc) is 3.16. The minimum Gasteiger partial charge on any atom is -0.347 e. The highest BCUT2D eigenvalue weighted by Gasteiger charge is 2.41. The van der Waals surface area contributed by atoms with E-state index in [0.29, 0.717) is 11.8 Å². The van der Waals surface area contributed by atoms with Crippen LogP contribution in [0.4, 0.5) is 0 Å². The molecule has 1 aromatic carbocycles. The molecule has 1 saturated carbocycles. The van der Waals surface area contributed by atoms with Gasteiger partial charge in [-0.1, -0.05) is 24.3 Å². The fourth-order valence-electron chi connectivity index (χ4n) is 4.69. The molecule has 1 aromatic heterocycles. The van der Waals surface area contributed by atoms with Crippen molar-refractivity contribution in [2.75, 3.05) is 13.1 Å². The first kappa shape index (κ1) is 16.5.